The van der Waals surface area contributed by atoms with E-state index in [9.17, 15) is 0 Å². The molecule has 1 aliphatic rings. The lowest BCUT2D eigenvalue weighted by atomic mass is 9.80. The van der Waals surface area contributed by atoms with E-state index in [2.05, 4.69) is 32.0 Å². The molecule has 1 aromatic rings. The minimum absolute atomic E-state index is 0.0183. The van der Waals surface area contributed by atoms with Gasteiger partial charge in [-0.1, -0.05) is 26.0 Å². The van der Waals surface area contributed by atoms with Crippen molar-refractivity contribution in [2.45, 2.75) is 37.6 Å². The molecule has 94 valence electrons. The summed E-state index contributed by atoms with van der Waals surface area (Å²) in [6.45, 7) is 4.87. The first-order chi connectivity index (χ1) is 8.04. The Bertz CT molecular complexity index is 401. The number of aryl methyl sites for hydroxylation is 1. The molecule has 2 nitrogen and oxygen atoms in total. The van der Waals surface area contributed by atoms with Crippen molar-refractivity contribution in [3.05, 3.63) is 29.3 Å². The predicted molar refractivity (Wildman–Crippen MR) is 75.3 cm³/mol. The lowest BCUT2D eigenvalue weighted by Crippen LogP contribution is -2.35. The Kier molecular flexibility index (Phi) is 3.81. The maximum absolute atomic E-state index is 6.33. The van der Waals surface area contributed by atoms with Crippen molar-refractivity contribution in [2.24, 2.45) is 16.9 Å². The van der Waals surface area contributed by atoms with Crippen LogP contribution >= 0.6 is 11.8 Å². The van der Waals surface area contributed by atoms with E-state index in [0.29, 0.717) is 6.54 Å². The zero-order chi connectivity index (χ0) is 12.5. The van der Waals surface area contributed by atoms with E-state index in [1.165, 1.54) is 34.6 Å². The van der Waals surface area contributed by atoms with Gasteiger partial charge in [0.05, 0.1) is 0 Å². The van der Waals surface area contributed by atoms with Crippen LogP contribution in [0.2, 0.25) is 0 Å². The van der Waals surface area contributed by atoms with Gasteiger partial charge in [0.15, 0.2) is 0 Å². The molecule has 0 aromatic heterocycles. The molecule has 0 saturated heterocycles. The minimum atomic E-state index is -0.0456. The third kappa shape index (κ3) is 2.67. The zero-order valence-electron chi connectivity index (χ0n) is 10.7. The average molecular weight is 250 g/mol. The molecule has 1 atom stereocenters. The Morgan fingerprint density at radius 1 is 1.41 bits per heavy atom. The van der Waals surface area contributed by atoms with Gasteiger partial charge in [0.25, 0.3) is 0 Å². The SMILES string of the molecule is CC(C)(CN)C(N)c1ccc2c(c1)CCCS2. The van der Waals surface area contributed by atoms with Gasteiger partial charge in [0.1, 0.15) is 0 Å². The van der Waals surface area contributed by atoms with Crippen LogP contribution in [0.15, 0.2) is 23.1 Å². The quantitative estimate of drug-likeness (QED) is 0.867. The van der Waals surface area contributed by atoms with E-state index in [1.54, 1.807) is 0 Å². The van der Waals surface area contributed by atoms with Gasteiger partial charge < -0.3 is 11.5 Å². The topological polar surface area (TPSA) is 52.0 Å². The van der Waals surface area contributed by atoms with E-state index >= 15 is 0 Å². The summed E-state index contributed by atoms with van der Waals surface area (Å²) in [5, 5.41) is 0. The lowest BCUT2D eigenvalue weighted by molar-refractivity contribution is 0.301. The van der Waals surface area contributed by atoms with Crippen LogP contribution in [0.3, 0.4) is 0 Å². The molecule has 2 rings (SSSR count). The van der Waals surface area contributed by atoms with Crippen molar-refractivity contribution in [1.29, 1.82) is 0 Å². The summed E-state index contributed by atoms with van der Waals surface area (Å²) in [6, 6.07) is 6.69. The highest BCUT2D eigenvalue weighted by Crippen LogP contribution is 2.35. The van der Waals surface area contributed by atoms with Gasteiger partial charge in [-0.3, -0.25) is 0 Å². The van der Waals surface area contributed by atoms with E-state index in [-0.39, 0.29) is 11.5 Å². The average Bonchev–Trinajstić information content (AvgIpc) is 2.37. The number of hydrogen-bond donors (Lipinski definition) is 2. The van der Waals surface area contributed by atoms with Gasteiger partial charge >= 0.3 is 0 Å². The first kappa shape index (κ1) is 12.9. The fraction of sp³-hybridized carbons (Fsp3) is 0.571. The highest BCUT2D eigenvalue weighted by molar-refractivity contribution is 7.99. The van der Waals surface area contributed by atoms with E-state index in [4.69, 9.17) is 11.5 Å². The maximum Gasteiger partial charge on any atom is 0.0359 e. The van der Waals surface area contributed by atoms with Gasteiger partial charge in [0.2, 0.25) is 0 Å². The van der Waals surface area contributed by atoms with E-state index < -0.39 is 0 Å². The molecule has 1 unspecified atom stereocenters. The number of hydrogen-bond acceptors (Lipinski definition) is 3. The van der Waals surface area contributed by atoms with Gasteiger partial charge in [-0.05, 0) is 47.7 Å². The molecular weight excluding hydrogens is 228 g/mol. The van der Waals surface area contributed by atoms with E-state index in [1.807, 2.05) is 11.8 Å². The molecule has 0 amide bonds. The molecule has 0 radical (unpaired) electrons. The maximum atomic E-state index is 6.33. The molecule has 3 heteroatoms. The minimum Gasteiger partial charge on any atom is -0.330 e. The highest BCUT2D eigenvalue weighted by Gasteiger charge is 2.26. The summed E-state index contributed by atoms with van der Waals surface area (Å²) in [5.74, 6) is 1.24. The lowest BCUT2D eigenvalue weighted by Gasteiger charge is -2.31. The van der Waals surface area contributed by atoms with Gasteiger partial charge in [-0.25, -0.2) is 0 Å². The number of rotatable bonds is 3. The van der Waals surface area contributed by atoms with Crippen LogP contribution in [-0.4, -0.2) is 12.3 Å². The third-order valence-electron chi connectivity index (χ3n) is 3.66. The second-order valence-corrected chi connectivity index (χ2v) is 6.63. The zero-order valence-corrected chi connectivity index (χ0v) is 11.5. The Morgan fingerprint density at radius 2 is 2.18 bits per heavy atom. The van der Waals surface area contributed by atoms with Crippen LogP contribution in [0.25, 0.3) is 0 Å². The van der Waals surface area contributed by atoms with Crippen molar-refractivity contribution in [2.75, 3.05) is 12.3 Å². The molecule has 0 fully saturated rings. The van der Waals surface area contributed by atoms with Gasteiger partial charge in [-0.2, -0.15) is 0 Å². The van der Waals surface area contributed by atoms with Crippen LogP contribution < -0.4 is 11.5 Å². The second-order valence-electron chi connectivity index (χ2n) is 5.49. The fourth-order valence-corrected chi connectivity index (χ4v) is 3.17. The molecule has 1 aromatic carbocycles. The molecule has 0 spiro atoms. The summed E-state index contributed by atoms with van der Waals surface area (Å²) in [6.07, 6.45) is 2.46. The molecule has 1 aliphatic heterocycles. The van der Waals surface area contributed by atoms with Crippen molar-refractivity contribution >= 4 is 11.8 Å². The van der Waals surface area contributed by atoms with Gasteiger partial charge in [0, 0.05) is 10.9 Å². The summed E-state index contributed by atoms with van der Waals surface area (Å²) in [4.78, 5) is 1.43. The second kappa shape index (κ2) is 5.01. The van der Waals surface area contributed by atoms with Crippen molar-refractivity contribution < 1.29 is 0 Å². The first-order valence-electron chi connectivity index (χ1n) is 6.26. The fourth-order valence-electron chi connectivity index (χ4n) is 2.15. The highest BCUT2D eigenvalue weighted by atomic mass is 32.2. The number of benzene rings is 1. The molecule has 0 bridgehead atoms. The summed E-state index contributed by atoms with van der Waals surface area (Å²) in [7, 11) is 0. The Hall–Kier alpha value is -0.510. The third-order valence-corrected chi connectivity index (χ3v) is 4.86. The van der Waals surface area contributed by atoms with Gasteiger partial charge in [-0.15, -0.1) is 11.8 Å². The summed E-state index contributed by atoms with van der Waals surface area (Å²) in [5.41, 5.74) is 14.8. The van der Waals surface area contributed by atoms with Crippen molar-refractivity contribution in [3.63, 3.8) is 0 Å². The predicted octanol–water partition coefficient (Wildman–Crippen LogP) is 2.71. The molecule has 1 heterocycles. The van der Waals surface area contributed by atoms with Crippen LogP contribution in [0.5, 0.6) is 0 Å². The normalized spacial score (nSPS) is 17.6. The molecular formula is C14H22N2S. The molecule has 0 aliphatic carbocycles. The Balaban J connectivity index is 2.28. The van der Waals surface area contributed by atoms with Crippen LogP contribution in [0.4, 0.5) is 0 Å². The standard InChI is InChI=1S/C14H22N2S/c1-14(2,9-15)13(16)11-5-6-12-10(8-11)4-3-7-17-12/h5-6,8,13H,3-4,7,9,15-16H2,1-2H3. The number of fused-ring (bicyclic) bond motifs is 1. The number of thioether (sulfide) groups is 1. The number of nitrogens with two attached hydrogens (primary N) is 2. The van der Waals surface area contributed by atoms with Crippen LogP contribution in [0.1, 0.15) is 37.4 Å². The largest absolute Gasteiger partial charge is 0.330 e. The monoisotopic (exact) mass is 250 g/mol. The Labute approximate surface area is 108 Å². The first-order valence-corrected chi connectivity index (χ1v) is 7.24. The summed E-state index contributed by atoms with van der Waals surface area (Å²) >= 11 is 1.96. The van der Waals surface area contributed by atoms with Crippen molar-refractivity contribution in [3.8, 4) is 0 Å². The van der Waals surface area contributed by atoms with Crippen LogP contribution in [0, 0.1) is 5.41 Å². The summed E-state index contributed by atoms with van der Waals surface area (Å²) < 4.78 is 0. The molecule has 0 saturated carbocycles. The molecule has 17 heavy (non-hydrogen) atoms. The Morgan fingerprint density at radius 3 is 2.88 bits per heavy atom. The molecule has 4 N–H and O–H groups in total. The smallest absolute Gasteiger partial charge is 0.0359 e. The van der Waals surface area contributed by atoms with Crippen LogP contribution in [-0.2, 0) is 6.42 Å². The van der Waals surface area contributed by atoms with Crippen molar-refractivity contribution in [1.82, 2.24) is 0 Å². The van der Waals surface area contributed by atoms with E-state index in [0.717, 1.165) is 0 Å².